The molecule has 0 radical (unpaired) electrons. The summed E-state index contributed by atoms with van der Waals surface area (Å²) in [4.78, 5) is 15.2. The molecule has 1 aromatic heterocycles. The molecule has 36 heavy (non-hydrogen) atoms. The van der Waals surface area contributed by atoms with Crippen LogP contribution in [0, 0.1) is 18.7 Å². The van der Waals surface area contributed by atoms with E-state index in [1.165, 1.54) is 28.1 Å². The average molecular weight is 510 g/mol. The summed E-state index contributed by atoms with van der Waals surface area (Å²) in [5, 5.41) is 3.86. The van der Waals surface area contributed by atoms with Crippen LogP contribution < -0.4 is 0 Å². The number of hydrogen-bond donors (Lipinski definition) is 0. The summed E-state index contributed by atoms with van der Waals surface area (Å²) >= 11 is 0. The van der Waals surface area contributed by atoms with Gasteiger partial charge < -0.3 is 9.42 Å². The third kappa shape index (κ3) is 4.73. The minimum atomic E-state index is -3.98. The normalized spacial score (nSPS) is 18.9. The number of hydrogen-bond acceptors (Lipinski definition) is 5. The number of carbonyl (C=O) groups excluding carboxylic acids is 1. The lowest BCUT2D eigenvalue weighted by molar-refractivity contribution is -0.137. The molecule has 1 unspecified atom stereocenters. The molecule has 0 spiro atoms. The second kappa shape index (κ2) is 9.99. The van der Waals surface area contributed by atoms with E-state index in [4.69, 9.17) is 4.52 Å². The molecule has 188 valence electrons. The number of carbonyl (C=O) groups is 1. The summed E-state index contributed by atoms with van der Waals surface area (Å²) in [5.74, 6) is -0.800. The highest BCUT2D eigenvalue weighted by atomic mass is 32.2. The maximum absolute atomic E-state index is 14.0. The highest BCUT2D eigenvalue weighted by Gasteiger charge is 2.38. The first-order valence-electron chi connectivity index (χ1n) is 12.1. The summed E-state index contributed by atoms with van der Waals surface area (Å²) in [5.41, 5.74) is 2.93. The van der Waals surface area contributed by atoms with Crippen LogP contribution in [0.1, 0.15) is 41.0 Å². The van der Waals surface area contributed by atoms with E-state index in [0.29, 0.717) is 38.0 Å². The maximum atomic E-state index is 14.0. The topological polar surface area (TPSA) is 83.7 Å². The Labute approximate surface area is 210 Å². The zero-order chi connectivity index (χ0) is 25.3. The van der Waals surface area contributed by atoms with E-state index in [2.05, 4.69) is 11.2 Å². The first-order chi connectivity index (χ1) is 17.3. The van der Waals surface area contributed by atoms with Crippen LogP contribution in [0.15, 0.2) is 57.9 Å². The van der Waals surface area contributed by atoms with E-state index in [0.717, 1.165) is 12.0 Å². The lowest BCUT2D eigenvalue weighted by Crippen LogP contribution is -2.47. The summed E-state index contributed by atoms with van der Waals surface area (Å²) < 4.78 is 48.0. The molecule has 5 rings (SSSR count). The fraction of sp³-hybridized carbons (Fsp3) is 0.333. The Morgan fingerprint density at radius 1 is 1.08 bits per heavy atom. The van der Waals surface area contributed by atoms with Crippen LogP contribution in [0.3, 0.4) is 0 Å². The van der Waals surface area contributed by atoms with Crippen molar-refractivity contribution in [3.63, 3.8) is 0 Å². The van der Waals surface area contributed by atoms with Crippen molar-refractivity contribution in [3.05, 3.63) is 82.5 Å². The van der Waals surface area contributed by atoms with Crippen molar-refractivity contribution in [2.45, 2.75) is 37.6 Å². The molecule has 2 aliphatic heterocycles. The molecule has 1 fully saturated rings. The van der Waals surface area contributed by atoms with Crippen LogP contribution in [-0.2, 0) is 27.8 Å². The van der Waals surface area contributed by atoms with Gasteiger partial charge in [0.05, 0.1) is 5.92 Å². The fourth-order valence-electron chi connectivity index (χ4n) is 5.01. The third-order valence-corrected chi connectivity index (χ3v) is 8.95. The van der Waals surface area contributed by atoms with E-state index in [1.807, 2.05) is 23.1 Å². The van der Waals surface area contributed by atoms with Gasteiger partial charge in [-0.1, -0.05) is 47.6 Å². The minimum absolute atomic E-state index is 0.00823. The van der Waals surface area contributed by atoms with Crippen LogP contribution in [-0.4, -0.2) is 48.3 Å². The van der Waals surface area contributed by atoms with Crippen molar-refractivity contribution in [2.75, 3.05) is 19.6 Å². The predicted molar refractivity (Wildman–Crippen MR) is 134 cm³/mol. The molecular formula is C27H28FN3O4S. The molecule has 1 saturated heterocycles. The Morgan fingerprint density at radius 3 is 2.64 bits per heavy atom. The van der Waals surface area contributed by atoms with Gasteiger partial charge in [-0.05, 0) is 55.5 Å². The molecule has 7 nitrogen and oxygen atoms in total. The summed E-state index contributed by atoms with van der Waals surface area (Å²) in [6, 6.07) is 14.3. The molecule has 1 amide bonds. The van der Waals surface area contributed by atoms with Crippen molar-refractivity contribution >= 4 is 28.1 Å². The monoisotopic (exact) mass is 509 g/mol. The molecule has 2 aliphatic rings. The van der Waals surface area contributed by atoms with E-state index >= 15 is 0 Å². The number of rotatable bonds is 5. The first kappa shape index (κ1) is 24.4. The molecule has 3 aromatic rings. The van der Waals surface area contributed by atoms with Crippen molar-refractivity contribution in [2.24, 2.45) is 5.92 Å². The van der Waals surface area contributed by atoms with Crippen molar-refractivity contribution < 1.29 is 22.1 Å². The quantitative estimate of drug-likeness (QED) is 0.513. The predicted octanol–water partition coefficient (Wildman–Crippen LogP) is 4.28. The molecule has 2 aromatic carbocycles. The number of piperidine rings is 1. The van der Waals surface area contributed by atoms with Gasteiger partial charge in [-0.3, -0.25) is 4.79 Å². The number of nitrogens with zero attached hydrogens (tertiary/aromatic N) is 3. The number of fused-ring (bicyclic) bond motifs is 1. The number of sulfonamides is 1. The van der Waals surface area contributed by atoms with E-state index in [1.54, 1.807) is 25.1 Å². The Kier molecular flexibility index (Phi) is 6.77. The van der Waals surface area contributed by atoms with Crippen LogP contribution in [0.5, 0.6) is 0 Å². The molecule has 3 heterocycles. The Morgan fingerprint density at radius 2 is 1.83 bits per heavy atom. The van der Waals surface area contributed by atoms with Gasteiger partial charge in [0.25, 0.3) is 0 Å². The third-order valence-electron chi connectivity index (χ3n) is 6.93. The lowest BCUT2D eigenvalue weighted by Gasteiger charge is -2.36. The van der Waals surface area contributed by atoms with E-state index < -0.39 is 21.8 Å². The number of benzene rings is 2. The Bertz CT molecular complexity index is 1420. The largest absolute Gasteiger partial charge is 0.355 e. The molecule has 0 bridgehead atoms. The van der Waals surface area contributed by atoms with Crippen molar-refractivity contribution in [1.29, 1.82) is 0 Å². The van der Waals surface area contributed by atoms with Gasteiger partial charge in [0.1, 0.15) is 11.5 Å². The first-order valence-corrected chi connectivity index (χ1v) is 13.5. The van der Waals surface area contributed by atoms with Crippen LogP contribution in [0.4, 0.5) is 4.39 Å². The highest BCUT2D eigenvalue weighted by Crippen LogP contribution is 2.31. The van der Waals surface area contributed by atoms with Gasteiger partial charge in [-0.15, -0.1) is 0 Å². The second-order valence-corrected chi connectivity index (χ2v) is 11.2. The minimum Gasteiger partial charge on any atom is -0.355 e. The molecule has 0 N–H and O–H groups in total. The molecular weight excluding hydrogens is 481 g/mol. The van der Waals surface area contributed by atoms with E-state index in [-0.39, 0.29) is 28.8 Å². The van der Waals surface area contributed by atoms with Crippen molar-refractivity contribution in [1.82, 2.24) is 14.4 Å². The van der Waals surface area contributed by atoms with Gasteiger partial charge in [-0.25, -0.2) is 12.8 Å². The van der Waals surface area contributed by atoms with Crippen molar-refractivity contribution in [3.8, 4) is 0 Å². The van der Waals surface area contributed by atoms with Gasteiger partial charge >= 0.3 is 0 Å². The Hall–Kier alpha value is -3.30. The summed E-state index contributed by atoms with van der Waals surface area (Å²) in [7, 11) is -3.98. The van der Waals surface area contributed by atoms with Crippen LogP contribution >= 0.6 is 0 Å². The molecule has 1 atom stereocenters. The lowest BCUT2D eigenvalue weighted by atomic mass is 9.95. The second-order valence-electron chi connectivity index (χ2n) is 9.30. The number of aromatic nitrogens is 1. The van der Waals surface area contributed by atoms with Gasteiger partial charge in [0.2, 0.25) is 15.9 Å². The van der Waals surface area contributed by atoms with Gasteiger partial charge in [-0.2, -0.15) is 4.31 Å². The smallest absolute Gasteiger partial charge is 0.248 e. The zero-order valence-electron chi connectivity index (χ0n) is 20.1. The number of halogens is 1. The SMILES string of the molecule is Cc1noc(C=Cc2ccccc2F)c1S(=O)(=O)N1CCCC(C(=O)N2CCc3ccccc3C2)C1. The average Bonchev–Trinajstić information content (AvgIpc) is 3.28. The summed E-state index contributed by atoms with van der Waals surface area (Å²) in [6.07, 6.45) is 4.92. The Balaban J connectivity index is 1.35. The standard InChI is InChI=1S/C27H28FN3O4S/c1-19-26(25(35-29-19)13-12-21-8-4-5-11-24(21)28)36(33,34)31-15-6-10-23(18-31)27(32)30-16-14-20-7-2-3-9-22(20)17-30/h2-5,7-9,11-13,23H,6,10,14-18H2,1H3. The van der Waals surface area contributed by atoms with Gasteiger partial charge in [0, 0.05) is 31.7 Å². The van der Waals surface area contributed by atoms with Crippen LogP contribution in [0.25, 0.3) is 12.2 Å². The number of amides is 1. The maximum Gasteiger partial charge on any atom is 0.248 e. The molecule has 0 saturated carbocycles. The number of aryl methyl sites for hydroxylation is 1. The highest BCUT2D eigenvalue weighted by molar-refractivity contribution is 7.89. The summed E-state index contributed by atoms with van der Waals surface area (Å²) in [6.45, 7) is 3.17. The van der Waals surface area contributed by atoms with E-state index in [9.17, 15) is 17.6 Å². The zero-order valence-corrected chi connectivity index (χ0v) is 20.9. The molecule has 0 aliphatic carbocycles. The fourth-order valence-corrected chi connectivity index (χ4v) is 6.78. The van der Waals surface area contributed by atoms with Gasteiger partial charge in [0.15, 0.2) is 10.7 Å². The molecule has 9 heteroatoms. The van der Waals surface area contributed by atoms with Crippen LogP contribution in [0.2, 0.25) is 0 Å².